The van der Waals surface area contributed by atoms with E-state index in [1.807, 2.05) is 25.1 Å². The van der Waals surface area contributed by atoms with Crippen LogP contribution in [-0.4, -0.2) is 37.4 Å². The van der Waals surface area contributed by atoms with Gasteiger partial charge in [-0.05, 0) is 40.4 Å². The average Bonchev–Trinajstić information content (AvgIpc) is 2.45. The lowest BCUT2D eigenvalue weighted by Crippen LogP contribution is -2.44. The second-order valence-electron chi connectivity index (χ2n) is 4.37. The molecule has 0 saturated carbocycles. The fourth-order valence-electron chi connectivity index (χ4n) is 1.80. The van der Waals surface area contributed by atoms with Crippen LogP contribution in [0.2, 0.25) is 0 Å². The van der Waals surface area contributed by atoms with Crippen molar-refractivity contribution in [2.75, 3.05) is 20.3 Å². The summed E-state index contributed by atoms with van der Waals surface area (Å²) in [4.78, 5) is 11.6. The first-order valence-electron chi connectivity index (χ1n) is 6.59. The second kappa shape index (κ2) is 8.81. The van der Waals surface area contributed by atoms with Crippen LogP contribution in [0.4, 0.5) is 4.79 Å². The quantitative estimate of drug-likeness (QED) is 0.709. The molecule has 6 heteroatoms. The first kappa shape index (κ1) is 16.8. The minimum absolute atomic E-state index is 0.0522. The summed E-state index contributed by atoms with van der Waals surface area (Å²) in [5, 5.41) is 14.5. The van der Waals surface area contributed by atoms with Crippen LogP contribution in [0.25, 0.3) is 0 Å². The Balaban J connectivity index is 2.45. The number of hydrogen-bond donors (Lipinski definition) is 3. The summed E-state index contributed by atoms with van der Waals surface area (Å²) >= 11 is 3.43. The molecule has 3 N–H and O–H groups in total. The summed E-state index contributed by atoms with van der Waals surface area (Å²) in [6, 6.07) is 5.35. The molecule has 2 amide bonds. The summed E-state index contributed by atoms with van der Waals surface area (Å²) in [6.45, 7) is 2.36. The van der Waals surface area contributed by atoms with Crippen molar-refractivity contribution < 1.29 is 14.6 Å². The third-order valence-corrected chi connectivity index (χ3v) is 3.61. The van der Waals surface area contributed by atoms with E-state index in [0.717, 1.165) is 15.8 Å². The molecule has 1 rings (SSSR count). The lowest BCUT2D eigenvalue weighted by atomic mass is 10.1. The maximum Gasteiger partial charge on any atom is 0.315 e. The van der Waals surface area contributed by atoms with E-state index in [-0.39, 0.29) is 18.7 Å². The van der Waals surface area contributed by atoms with Crippen LogP contribution in [0.5, 0.6) is 5.75 Å². The zero-order valence-corrected chi connectivity index (χ0v) is 13.4. The van der Waals surface area contributed by atoms with Gasteiger partial charge in [0.25, 0.3) is 0 Å². The van der Waals surface area contributed by atoms with E-state index in [1.165, 1.54) is 0 Å². The number of ether oxygens (including phenoxy) is 1. The van der Waals surface area contributed by atoms with Crippen LogP contribution in [0.15, 0.2) is 22.7 Å². The maximum absolute atomic E-state index is 11.6. The molecule has 0 aliphatic rings. The van der Waals surface area contributed by atoms with Crippen molar-refractivity contribution in [2.24, 2.45) is 0 Å². The number of carbonyl (C=O) groups excluding carboxylic acids is 1. The normalized spacial score (nSPS) is 11.8. The molecule has 0 heterocycles. The maximum atomic E-state index is 11.6. The van der Waals surface area contributed by atoms with Crippen LogP contribution in [0.1, 0.15) is 18.9 Å². The third kappa shape index (κ3) is 5.02. The van der Waals surface area contributed by atoms with Crippen molar-refractivity contribution in [3.63, 3.8) is 0 Å². The largest absolute Gasteiger partial charge is 0.495 e. The van der Waals surface area contributed by atoms with Gasteiger partial charge in [0.1, 0.15) is 5.75 Å². The molecule has 20 heavy (non-hydrogen) atoms. The molecule has 0 aliphatic heterocycles. The highest BCUT2D eigenvalue weighted by atomic mass is 79.9. The van der Waals surface area contributed by atoms with E-state index in [0.29, 0.717) is 19.4 Å². The number of halogens is 1. The standard InChI is InChI=1S/C14H21BrN2O3/c1-3-11(9-18)17-14(19)16-8-7-10-5-4-6-12(15)13(10)20-2/h4-6,11,18H,3,7-9H2,1-2H3,(H2,16,17,19). The topological polar surface area (TPSA) is 70.6 Å². The fraction of sp³-hybridized carbons (Fsp3) is 0.500. The molecule has 0 fully saturated rings. The van der Waals surface area contributed by atoms with E-state index in [9.17, 15) is 4.79 Å². The number of carbonyl (C=O) groups is 1. The number of aliphatic hydroxyl groups excluding tert-OH is 1. The summed E-state index contributed by atoms with van der Waals surface area (Å²) in [5.41, 5.74) is 1.02. The van der Waals surface area contributed by atoms with Gasteiger partial charge < -0.3 is 20.5 Å². The summed E-state index contributed by atoms with van der Waals surface area (Å²) in [5.74, 6) is 0.788. The Hall–Kier alpha value is -1.27. The van der Waals surface area contributed by atoms with E-state index in [4.69, 9.17) is 9.84 Å². The highest BCUT2D eigenvalue weighted by Crippen LogP contribution is 2.28. The Morgan fingerprint density at radius 3 is 2.85 bits per heavy atom. The molecule has 1 atom stereocenters. The Morgan fingerprint density at radius 2 is 2.25 bits per heavy atom. The first-order valence-corrected chi connectivity index (χ1v) is 7.38. The number of nitrogens with one attached hydrogen (secondary N) is 2. The predicted molar refractivity (Wildman–Crippen MR) is 82.1 cm³/mol. The molecule has 112 valence electrons. The Kier molecular flexibility index (Phi) is 7.40. The molecule has 0 bridgehead atoms. The Labute approximate surface area is 127 Å². The van der Waals surface area contributed by atoms with E-state index < -0.39 is 0 Å². The number of rotatable bonds is 7. The minimum Gasteiger partial charge on any atom is -0.495 e. The average molecular weight is 345 g/mol. The molecule has 0 saturated heterocycles. The van der Waals surface area contributed by atoms with Crippen molar-refractivity contribution >= 4 is 22.0 Å². The fourth-order valence-corrected chi connectivity index (χ4v) is 2.37. The van der Waals surface area contributed by atoms with Gasteiger partial charge in [-0.2, -0.15) is 0 Å². The SMILES string of the molecule is CCC(CO)NC(=O)NCCc1cccc(Br)c1OC. The summed E-state index contributed by atoms with van der Waals surface area (Å²) in [7, 11) is 1.62. The zero-order valence-electron chi connectivity index (χ0n) is 11.8. The second-order valence-corrected chi connectivity index (χ2v) is 5.22. The minimum atomic E-state index is -0.264. The first-order chi connectivity index (χ1) is 9.62. The van der Waals surface area contributed by atoms with Crippen molar-refractivity contribution in [1.82, 2.24) is 10.6 Å². The van der Waals surface area contributed by atoms with Gasteiger partial charge in [0.2, 0.25) is 0 Å². The molecular formula is C14H21BrN2O3. The molecule has 5 nitrogen and oxygen atoms in total. The highest BCUT2D eigenvalue weighted by molar-refractivity contribution is 9.10. The van der Waals surface area contributed by atoms with Crippen molar-refractivity contribution in [2.45, 2.75) is 25.8 Å². The molecule has 0 aliphatic carbocycles. The summed E-state index contributed by atoms with van der Waals surface area (Å²) in [6.07, 6.45) is 1.37. The van der Waals surface area contributed by atoms with E-state index in [1.54, 1.807) is 7.11 Å². The third-order valence-electron chi connectivity index (χ3n) is 2.98. The molecule has 0 spiro atoms. The smallest absolute Gasteiger partial charge is 0.315 e. The number of amides is 2. The highest BCUT2D eigenvalue weighted by Gasteiger charge is 2.10. The van der Waals surface area contributed by atoms with Gasteiger partial charge in [0, 0.05) is 6.54 Å². The van der Waals surface area contributed by atoms with E-state index >= 15 is 0 Å². The summed E-state index contributed by atoms with van der Waals surface area (Å²) < 4.78 is 6.22. The Morgan fingerprint density at radius 1 is 1.50 bits per heavy atom. The molecular weight excluding hydrogens is 324 g/mol. The van der Waals surface area contributed by atoms with Crippen LogP contribution < -0.4 is 15.4 Å². The van der Waals surface area contributed by atoms with Crippen molar-refractivity contribution in [1.29, 1.82) is 0 Å². The monoisotopic (exact) mass is 344 g/mol. The molecule has 0 radical (unpaired) electrons. The molecule has 0 aromatic heterocycles. The number of urea groups is 1. The van der Waals surface area contributed by atoms with Gasteiger partial charge in [-0.3, -0.25) is 0 Å². The van der Waals surface area contributed by atoms with Gasteiger partial charge in [-0.15, -0.1) is 0 Å². The Bertz CT molecular complexity index is 436. The van der Waals surface area contributed by atoms with Crippen LogP contribution in [0.3, 0.4) is 0 Å². The van der Waals surface area contributed by atoms with Gasteiger partial charge in [-0.25, -0.2) is 4.79 Å². The number of hydrogen-bond acceptors (Lipinski definition) is 3. The number of benzene rings is 1. The van der Waals surface area contributed by atoms with Gasteiger partial charge in [0.05, 0.1) is 24.2 Å². The number of aliphatic hydroxyl groups is 1. The molecule has 1 aromatic rings. The van der Waals surface area contributed by atoms with Crippen molar-refractivity contribution in [3.8, 4) is 5.75 Å². The number of methoxy groups -OCH3 is 1. The van der Waals surface area contributed by atoms with Gasteiger partial charge >= 0.3 is 6.03 Å². The lowest BCUT2D eigenvalue weighted by molar-refractivity contribution is 0.214. The molecule has 1 aromatic carbocycles. The van der Waals surface area contributed by atoms with E-state index in [2.05, 4.69) is 26.6 Å². The van der Waals surface area contributed by atoms with Crippen LogP contribution in [0, 0.1) is 0 Å². The van der Waals surface area contributed by atoms with Gasteiger partial charge in [0.15, 0.2) is 0 Å². The van der Waals surface area contributed by atoms with Gasteiger partial charge in [-0.1, -0.05) is 19.1 Å². The van der Waals surface area contributed by atoms with Crippen LogP contribution in [-0.2, 0) is 6.42 Å². The predicted octanol–water partition coefficient (Wildman–Crippen LogP) is 2.07. The lowest BCUT2D eigenvalue weighted by Gasteiger charge is -2.15. The van der Waals surface area contributed by atoms with Crippen LogP contribution >= 0.6 is 15.9 Å². The number of para-hydroxylation sites is 1. The van der Waals surface area contributed by atoms with Crippen molar-refractivity contribution in [3.05, 3.63) is 28.2 Å². The zero-order chi connectivity index (χ0) is 15.0. The molecule has 1 unspecified atom stereocenters.